The fourth-order valence-electron chi connectivity index (χ4n) is 4.15. The predicted molar refractivity (Wildman–Crippen MR) is 103 cm³/mol. The summed E-state index contributed by atoms with van der Waals surface area (Å²) in [5, 5.41) is 0. The molecule has 25 heavy (non-hydrogen) atoms. The number of imidazole rings is 1. The van der Waals surface area contributed by atoms with Gasteiger partial charge in [-0.25, -0.2) is 4.98 Å². The van der Waals surface area contributed by atoms with Crippen LogP contribution in [0.1, 0.15) is 71.2 Å². The molecular weight excluding hydrogens is 310 g/mol. The quantitative estimate of drug-likeness (QED) is 0.786. The number of aromatic nitrogens is 2. The van der Waals surface area contributed by atoms with Gasteiger partial charge in [0.05, 0.1) is 11.0 Å². The number of nitrogens with zero attached hydrogens (tertiary/aromatic N) is 3. The van der Waals surface area contributed by atoms with Gasteiger partial charge in [0.25, 0.3) is 0 Å². The van der Waals surface area contributed by atoms with Gasteiger partial charge in [-0.05, 0) is 45.2 Å². The lowest BCUT2D eigenvalue weighted by atomic mass is 9.95. The molecule has 4 heteroatoms. The number of hydrogen-bond donors (Lipinski definition) is 0. The number of amides is 1. The van der Waals surface area contributed by atoms with Gasteiger partial charge in [-0.3, -0.25) is 4.79 Å². The number of piperidine rings is 1. The molecule has 0 bridgehead atoms. The molecule has 3 rings (SSSR count). The van der Waals surface area contributed by atoms with Gasteiger partial charge in [-0.15, -0.1) is 0 Å². The highest BCUT2D eigenvalue weighted by molar-refractivity contribution is 5.79. The maximum absolute atomic E-state index is 12.8. The smallest absolute Gasteiger partial charge is 0.225 e. The first kappa shape index (κ1) is 18.0. The van der Waals surface area contributed by atoms with Crippen LogP contribution in [-0.4, -0.2) is 33.4 Å². The van der Waals surface area contributed by atoms with Crippen molar-refractivity contribution in [3.8, 4) is 0 Å². The third-order valence-electron chi connectivity index (χ3n) is 5.38. The van der Waals surface area contributed by atoms with Crippen LogP contribution in [0.2, 0.25) is 0 Å². The Hall–Kier alpha value is -1.84. The van der Waals surface area contributed by atoms with Gasteiger partial charge in [0.2, 0.25) is 5.91 Å². The molecule has 1 amide bonds. The summed E-state index contributed by atoms with van der Waals surface area (Å²) in [7, 11) is 0. The van der Waals surface area contributed by atoms with Crippen LogP contribution in [0.5, 0.6) is 0 Å². The fraction of sp³-hybridized carbons (Fsp3) is 0.619. The molecule has 1 aromatic carbocycles. The zero-order valence-electron chi connectivity index (χ0n) is 16.0. The molecule has 2 aromatic rings. The molecule has 0 N–H and O–H groups in total. The van der Waals surface area contributed by atoms with Crippen LogP contribution >= 0.6 is 0 Å². The minimum atomic E-state index is 0.132. The lowest BCUT2D eigenvalue weighted by Gasteiger charge is -2.34. The largest absolute Gasteiger partial charge is 0.342 e. The molecule has 4 nitrogen and oxygen atoms in total. The molecule has 2 heterocycles. The Morgan fingerprint density at radius 3 is 2.76 bits per heavy atom. The molecule has 0 radical (unpaired) electrons. The van der Waals surface area contributed by atoms with E-state index in [-0.39, 0.29) is 5.92 Å². The summed E-state index contributed by atoms with van der Waals surface area (Å²) in [5.41, 5.74) is 2.27. The standard InChI is InChI=1S/C21H31N3O/c1-5-9-16(4)21(25)23-13-8-10-17(14-23)20-22-18-11-6-7-12-19(18)24(20)15(2)3/h6-7,11-12,15-17H,5,8-10,13-14H2,1-4H3. The Kier molecular flexibility index (Phi) is 5.45. The molecule has 0 spiro atoms. The SMILES string of the molecule is CCCC(C)C(=O)N1CCCC(c2nc3ccccc3n2C(C)C)C1. The van der Waals surface area contributed by atoms with E-state index in [9.17, 15) is 4.79 Å². The number of likely N-dealkylation sites (tertiary alicyclic amines) is 1. The molecule has 1 fully saturated rings. The van der Waals surface area contributed by atoms with E-state index in [1.54, 1.807) is 0 Å². The number of carbonyl (C=O) groups excluding carboxylic acids is 1. The number of fused-ring (bicyclic) bond motifs is 1. The molecule has 2 unspecified atom stereocenters. The van der Waals surface area contributed by atoms with Crippen molar-refractivity contribution in [3.05, 3.63) is 30.1 Å². The first-order chi connectivity index (χ1) is 12.0. The average Bonchev–Trinajstić information content (AvgIpc) is 3.01. The van der Waals surface area contributed by atoms with Crippen LogP contribution in [0, 0.1) is 5.92 Å². The van der Waals surface area contributed by atoms with Gasteiger partial charge >= 0.3 is 0 Å². The van der Waals surface area contributed by atoms with Crippen molar-refractivity contribution in [2.75, 3.05) is 13.1 Å². The zero-order valence-corrected chi connectivity index (χ0v) is 16.0. The van der Waals surface area contributed by atoms with Crippen LogP contribution in [0.3, 0.4) is 0 Å². The first-order valence-corrected chi connectivity index (χ1v) is 9.78. The Balaban J connectivity index is 1.88. The molecule has 0 aliphatic carbocycles. The Morgan fingerprint density at radius 1 is 1.28 bits per heavy atom. The summed E-state index contributed by atoms with van der Waals surface area (Å²) in [6.07, 6.45) is 4.22. The van der Waals surface area contributed by atoms with Crippen LogP contribution in [-0.2, 0) is 4.79 Å². The second kappa shape index (κ2) is 7.59. The summed E-state index contributed by atoms with van der Waals surface area (Å²) >= 11 is 0. The Bertz CT molecular complexity index is 734. The second-order valence-electron chi connectivity index (χ2n) is 7.74. The summed E-state index contributed by atoms with van der Waals surface area (Å²) in [4.78, 5) is 19.8. The number of carbonyl (C=O) groups is 1. The minimum Gasteiger partial charge on any atom is -0.342 e. The van der Waals surface area contributed by atoms with Gasteiger partial charge in [0, 0.05) is 31.0 Å². The maximum Gasteiger partial charge on any atom is 0.225 e. The van der Waals surface area contributed by atoms with E-state index in [0.29, 0.717) is 17.9 Å². The monoisotopic (exact) mass is 341 g/mol. The van der Waals surface area contributed by atoms with E-state index in [1.807, 2.05) is 6.07 Å². The predicted octanol–water partition coefficient (Wildman–Crippen LogP) is 4.76. The van der Waals surface area contributed by atoms with Crippen molar-refractivity contribution >= 4 is 16.9 Å². The average molecular weight is 341 g/mol. The molecule has 0 saturated carbocycles. The first-order valence-electron chi connectivity index (χ1n) is 9.78. The molecule has 1 aliphatic rings. The topological polar surface area (TPSA) is 38.1 Å². The molecule has 1 aromatic heterocycles. The summed E-state index contributed by atoms with van der Waals surface area (Å²) in [6, 6.07) is 8.74. The van der Waals surface area contributed by atoms with Crippen molar-refractivity contribution in [1.82, 2.24) is 14.5 Å². The van der Waals surface area contributed by atoms with E-state index in [1.165, 1.54) is 5.52 Å². The minimum absolute atomic E-state index is 0.132. The Morgan fingerprint density at radius 2 is 2.04 bits per heavy atom. The van der Waals surface area contributed by atoms with E-state index < -0.39 is 0 Å². The normalized spacial score (nSPS) is 19.6. The van der Waals surface area contributed by atoms with Gasteiger partial charge in [0.1, 0.15) is 5.82 Å². The van der Waals surface area contributed by atoms with Gasteiger partial charge in [0.15, 0.2) is 0 Å². The van der Waals surface area contributed by atoms with E-state index >= 15 is 0 Å². The van der Waals surface area contributed by atoms with E-state index in [0.717, 1.165) is 50.1 Å². The van der Waals surface area contributed by atoms with E-state index in [4.69, 9.17) is 4.98 Å². The second-order valence-corrected chi connectivity index (χ2v) is 7.74. The lowest BCUT2D eigenvalue weighted by Crippen LogP contribution is -2.42. The molecule has 1 aliphatic heterocycles. The van der Waals surface area contributed by atoms with Crippen molar-refractivity contribution in [2.45, 2.75) is 65.3 Å². The van der Waals surface area contributed by atoms with Crippen molar-refractivity contribution in [2.24, 2.45) is 5.92 Å². The van der Waals surface area contributed by atoms with Crippen molar-refractivity contribution in [3.63, 3.8) is 0 Å². The summed E-state index contributed by atoms with van der Waals surface area (Å²) < 4.78 is 2.36. The molecule has 136 valence electrons. The highest BCUT2D eigenvalue weighted by atomic mass is 16.2. The van der Waals surface area contributed by atoms with Crippen molar-refractivity contribution in [1.29, 1.82) is 0 Å². The summed E-state index contributed by atoms with van der Waals surface area (Å²) in [6.45, 7) is 10.3. The Labute approximate surface area is 151 Å². The van der Waals surface area contributed by atoms with Gasteiger partial charge in [-0.2, -0.15) is 0 Å². The van der Waals surface area contributed by atoms with Crippen LogP contribution in [0.4, 0.5) is 0 Å². The zero-order chi connectivity index (χ0) is 18.0. The summed E-state index contributed by atoms with van der Waals surface area (Å²) in [5.74, 6) is 1.93. The van der Waals surface area contributed by atoms with Crippen molar-refractivity contribution < 1.29 is 4.79 Å². The van der Waals surface area contributed by atoms with Gasteiger partial charge < -0.3 is 9.47 Å². The number of benzene rings is 1. The van der Waals surface area contributed by atoms with E-state index in [2.05, 4.69) is 55.4 Å². The van der Waals surface area contributed by atoms with Gasteiger partial charge in [-0.1, -0.05) is 32.4 Å². The maximum atomic E-state index is 12.8. The highest BCUT2D eigenvalue weighted by Gasteiger charge is 2.30. The van der Waals surface area contributed by atoms with Crippen LogP contribution in [0.15, 0.2) is 24.3 Å². The number of hydrogen-bond acceptors (Lipinski definition) is 2. The number of rotatable bonds is 5. The van der Waals surface area contributed by atoms with Crippen LogP contribution < -0.4 is 0 Å². The number of para-hydroxylation sites is 2. The lowest BCUT2D eigenvalue weighted by molar-refractivity contribution is -0.136. The molecular formula is C21H31N3O. The van der Waals surface area contributed by atoms with Crippen LogP contribution in [0.25, 0.3) is 11.0 Å². The molecule has 2 atom stereocenters. The third-order valence-corrected chi connectivity index (χ3v) is 5.38. The molecule has 1 saturated heterocycles. The fourth-order valence-corrected chi connectivity index (χ4v) is 4.15. The third kappa shape index (κ3) is 3.58. The highest BCUT2D eigenvalue weighted by Crippen LogP contribution is 2.32.